The zero-order valence-electron chi connectivity index (χ0n) is 72.8. The molecule has 5 aromatic rings. The van der Waals surface area contributed by atoms with Crippen molar-refractivity contribution >= 4 is 63.9 Å². The average Bonchev–Trinajstić information content (AvgIpc) is 1.61. The molecule has 121 heavy (non-hydrogen) atoms. The third kappa shape index (κ3) is 31.5. The van der Waals surface area contributed by atoms with Gasteiger partial charge < -0.3 is 77.7 Å². The topological polar surface area (TPSA) is 336 Å². The Morgan fingerprint density at radius 3 is 2.11 bits per heavy atom. The van der Waals surface area contributed by atoms with Crippen molar-refractivity contribution in [2.24, 2.45) is 23.7 Å². The number of aliphatic hydroxyl groups excluding tert-OH is 1. The fourth-order valence-corrected chi connectivity index (χ4v) is 16.8. The number of likely N-dealkylation sites (tertiary alicyclic amines) is 1. The van der Waals surface area contributed by atoms with Crippen molar-refractivity contribution in [1.82, 2.24) is 49.6 Å². The number of hydrogen-bond donors (Lipinski definition) is 3. The number of benzene rings is 2. The highest BCUT2D eigenvalue weighted by molar-refractivity contribution is 6.37. The number of alkyl carbamates (subject to hydrolysis) is 1. The number of nitrogen functional groups attached to an aromatic ring is 1. The zero-order chi connectivity index (χ0) is 85.7. The van der Waals surface area contributed by atoms with Crippen molar-refractivity contribution in [2.75, 3.05) is 158 Å². The van der Waals surface area contributed by atoms with Gasteiger partial charge in [0.15, 0.2) is 17.1 Å². The molecular formula is C92H135N11O18. The molecule has 0 radical (unpaired) electrons. The van der Waals surface area contributed by atoms with Gasteiger partial charge in [-0.05, 0) is 180 Å². The molecule has 7 heterocycles. The molecular weight excluding hydrogens is 1550 g/mol. The quantitative estimate of drug-likeness (QED) is 0.0107. The Bertz CT molecular complexity index is 4160. The monoisotopic (exact) mass is 1680 g/mol. The molecule has 4 N–H and O–H groups in total. The minimum absolute atomic E-state index is 0.0201. The maximum absolute atomic E-state index is 13.3. The number of fused-ring (bicyclic) bond motifs is 3. The molecule has 1 saturated carbocycles. The number of rotatable bonds is 52. The number of anilines is 1. The first kappa shape index (κ1) is 95.0. The number of aliphatic hydroxyl groups is 1. The molecule has 0 spiro atoms. The van der Waals surface area contributed by atoms with Crippen LogP contribution < -0.4 is 11.1 Å². The number of piperazine rings is 1. The number of methoxy groups -OCH3 is 1. The normalized spacial score (nSPS) is 20.1. The summed E-state index contributed by atoms with van der Waals surface area (Å²) in [5, 5.41) is 19.6. The molecule has 666 valence electrons. The first-order valence-corrected chi connectivity index (χ1v) is 44.4. The summed E-state index contributed by atoms with van der Waals surface area (Å²) in [6.07, 6.45) is 24.8. The Morgan fingerprint density at radius 2 is 1.40 bits per heavy atom. The number of allylic oxidation sites excluding steroid dienone is 6. The Morgan fingerprint density at radius 1 is 0.711 bits per heavy atom. The third-order valence-electron chi connectivity index (χ3n) is 24.0. The number of hydrogen-bond acceptors (Lipinski definition) is 25. The second-order valence-corrected chi connectivity index (χ2v) is 33.4. The van der Waals surface area contributed by atoms with Crippen LogP contribution in [-0.2, 0) is 90.9 Å². The molecule has 0 bridgehead atoms. The molecule has 8 atom stereocenters. The minimum Gasteiger partial charge on any atom is -0.465 e. The van der Waals surface area contributed by atoms with Crippen molar-refractivity contribution in [1.29, 1.82) is 0 Å². The van der Waals surface area contributed by atoms with E-state index in [2.05, 4.69) is 68.2 Å². The van der Waals surface area contributed by atoms with Crippen molar-refractivity contribution in [3.63, 3.8) is 0 Å². The number of piperidine rings is 1. The Kier molecular flexibility index (Phi) is 40.2. The lowest BCUT2D eigenvalue weighted by Crippen LogP contribution is -2.48. The second-order valence-electron chi connectivity index (χ2n) is 33.4. The summed E-state index contributed by atoms with van der Waals surface area (Å²) in [5.74, 6) is 0.672. The van der Waals surface area contributed by atoms with Crippen LogP contribution in [0.4, 0.5) is 10.6 Å². The number of nitrogens with two attached hydrogens (primary N) is 1. The molecule has 29 heteroatoms. The molecule has 1 aliphatic carbocycles. The highest BCUT2D eigenvalue weighted by Gasteiger charge is 2.36. The largest absolute Gasteiger partial charge is 0.465 e. The van der Waals surface area contributed by atoms with E-state index in [4.69, 9.17) is 62.6 Å². The number of aryl methyl sites for hydroxylation is 1. The molecule has 3 amide bonds. The van der Waals surface area contributed by atoms with Crippen molar-refractivity contribution < 1.29 is 85.7 Å². The van der Waals surface area contributed by atoms with E-state index in [0.717, 1.165) is 156 Å². The number of carbonyl (C=O) groups excluding carboxylic acids is 6. The molecule has 4 fully saturated rings. The standard InChI is InChI=1S/C92H135N11O18/c1-65(15-10-8-11-16-67(3)84(111-7)59-78-17-14-18-83(120-78)88(108)91(109)101-34-12-9-13-35-101)55-68(4)80(105)60-81(106)69(5)56-66(2)19-26-76(118-64-104)27-21-71-22-28-77(29-23-71)121-92(110)94-33-44-113-48-49-114-45-41-99-37-39-100(40-38-99)42-46-115-50-52-117-54-53-116-51-47-112-43-32-85(107)102-36-31-73-57-72(20-24-75(73)62-102)61-103-90-86(89(93)95-63-96-90)87(98-103)74-25-30-82-79(58-74)97-70(6)119-82/h8,10-11,15-16,20,24-25,30,56-58,63-66,68,71,76-78,81,83-84,106H,9,12-14,17-19,21-23,26-29,31-55,59-62H2,1-7H3,(H,94,110)(H2,93,95,96)/b11-8+,15-10+,67-16+,69-56+/t65-,66+,68-,71-,76+,77-,78?,81+,83?,84+/m1/s1. The summed E-state index contributed by atoms with van der Waals surface area (Å²) in [4.78, 5) is 98.4. The summed E-state index contributed by atoms with van der Waals surface area (Å²) in [6, 6.07) is 12.2. The molecule has 4 aliphatic heterocycles. The van der Waals surface area contributed by atoms with E-state index < -0.39 is 30.0 Å². The molecule has 5 aliphatic rings. The average molecular weight is 1680 g/mol. The Balaban J connectivity index is 0.468. The number of aromatic nitrogens is 5. The molecule has 3 saturated heterocycles. The third-order valence-corrected chi connectivity index (χ3v) is 24.0. The number of nitrogens with one attached hydrogen (secondary N) is 1. The van der Waals surface area contributed by atoms with E-state index in [1.165, 1.54) is 11.9 Å². The number of amides is 3. The predicted molar refractivity (Wildman–Crippen MR) is 461 cm³/mol. The Labute approximate surface area is 714 Å². The van der Waals surface area contributed by atoms with Crippen LogP contribution in [0.2, 0.25) is 0 Å². The fraction of sp³-hybridized carbons (Fsp3) is 0.652. The van der Waals surface area contributed by atoms with Crippen LogP contribution in [-0.4, -0.2) is 274 Å². The Hall–Kier alpha value is -8.20. The van der Waals surface area contributed by atoms with Gasteiger partial charge in [-0.25, -0.2) is 24.4 Å². The van der Waals surface area contributed by atoms with Gasteiger partial charge in [-0.3, -0.25) is 33.8 Å². The number of ether oxygens (including phenoxy) is 10. The van der Waals surface area contributed by atoms with Crippen LogP contribution in [0.15, 0.2) is 94.7 Å². The second kappa shape index (κ2) is 51.2. The fourth-order valence-electron chi connectivity index (χ4n) is 16.8. The van der Waals surface area contributed by atoms with Gasteiger partial charge in [0.05, 0.1) is 116 Å². The van der Waals surface area contributed by atoms with E-state index in [1.54, 1.807) is 12.0 Å². The van der Waals surface area contributed by atoms with Crippen LogP contribution in [0.1, 0.15) is 173 Å². The number of ketones is 2. The van der Waals surface area contributed by atoms with Crippen LogP contribution in [0.5, 0.6) is 0 Å². The van der Waals surface area contributed by atoms with Gasteiger partial charge >= 0.3 is 6.09 Å². The van der Waals surface area contributed by atoms with Gasteiger partial charge in [-0.2, -0.15) is 5.10 Å². The molecule has 2 unspecified atom stereocenters. The van der Waals surface area contributed by atoms with Crippen molar-refractivity contribution in [3.05, 3.63) is 113 Å². The first-order chi connectivity index (χ1) is 58.8. The van der Waals surface area contributed by atoms with Gasteiger partial charge in [-0.15, -0.1) is 0 Å². The lowest BCUT2D eigenvalue weighted by Gasteiger charge is -2.34. The zero-order valence-corrected chi connectivity index (χ0v) is 72.8. The van der Waals surface area contributed by atoms with E-state index in [0.29, 0.717) is 197 Å². The van der Waals surface area contributed by atoms with E-state index in [9.17, 15) is 33.9 Å². The number of carbonyl (C=O) groups is 6. The number of oxazole rings is 1. The van der Waals surface area contributed by atoms with Crippen molar-refractivity contribution in [3.8, 4) is 11.3 Å². The number of Topliss-reactive ketones (excluding diaryl/α,β-unsaturated/α-hetero) is 2. The summed E-state index contributed by atoms with van der Waals surface area (Å²) in [6.45, 7) is 26.9. The van der Waals surface area contributed by atoms with Gasteiger partial charge in [0.1, 0.15) is 47.5 Å². The summed E-state index contributed by atoms with van der Waals surface area (Å²) in [5.41, 5.74) is 15.2. The predicted octanol–water partition coefficient (Wildman–Crippen LogP) is 11.5. The highest BCUT2D eigenvalue weighted by atomic mass is 16.6. The van der Waals surface area contributed by atoms with Gasteiger partial charge in [0.2, 0.25) is 11.7 Å². The summed E-state index contributed by atoms with van der Waals surface area (Å²) in [7, 11) is 1.67. The van der Waals surface area contributed by atoms with Gasteiger partial charge in [0.25, 0.3) is 12.4 Å². The highest BCUT2D eigenvalue weighted by Crippen LogP contribution is 2.35. The van der Waals surface area contributed by atoms with Crippen molar-refractivity contribution in [2.45, 2.75) is 213 Å². The molecule has 2 aromatic carbocycles. The first-order valence-electron chi connectivity index (χ1n) is 44.4. The minimum atomic E-state index is -0.877. The van der Waals surface area contributed by atoms with Gasteiger partial charge in [0, 0.05) is 110 Å². The lowest BCUT2D eigenvalue weighted by atomic mass is 9.83. The van der Waals surface area contributed by atoms with E-state index in [-0.39, 0.29) is 60.3 Å². The van der Waals surface area contributed by atoms with E-state index >= 15 is 0 Å². The molecule has 3 aromatic heterocycles. The molecule has 10 rings (SSSR count). The molecule has 29 nitrogen and oxygen atoms in total. The number of nitrogens with zero attached hydrogens (tertiary/aromatic N) is 9. The summed E-state index contributed by atoms with van der Waals surface area (Å²) < 4.78 is 65.4. The van der Waals surface area contributed by atoms with Crippen LogP contribution in [0.25, 0.3) is 33.4 Å². The van der Waals surface area contributed by atoms with Crippen LogP contribution in [0, 0.1) is 30.6 Å². The maximum Gasteiger partial charge on any atom is 0.407 e. The van der Waals surface area contributed by atoms with E-state index in [1.807, 2.05) is 85.9 Å². The SMILES string of the molecule is CO[C@@H](CC1CCCC(C(=O)C(=O)N2CCCCC2)O1)/C(C)=C/C=C/C=C/[C@@H](C)C[C@@H](C)C(=O)C[C@H](O)/C(C)=C/[C@@H](C)CC[C@@H](CC[C@H]1CC[C@H](OC(=O)NCCOCCOCCN2CCN(CCOCCOCCOCCOCCC(=O)N3CCc4cc(Cn5nc(-c6ccc7oc(C)nc7c6)c6c(N)ncnc65)ccc4C3)CC2)CC1)OC=O. The smallest absolute Gasteiger partial charge is 0.407 e. The lowest BCUT2D eigenvalue weighted by molar-refractivity contribution is -0.157. The van der Waals surface area contributed by atoms with Gasteiger partial charge in [-0.1, -0.05) is 75.4 Å². The van der Waals surface area contributed by atoms with Crippen LogP contribution in [0.3, 0.4) is 0 Å². The maximum atomic E-state index is 13.3. The van der Waals surface area contributed by atoms with Crippen LogP contribution >= 0.6 is 0 Å². The summed E-state index contributed by atoms with van der Waals surface area (Å²) >= 11 is 0.